The van der Waals surface area contributed by atoms with Gasteiger partial charge >= 0.3 is 17.9 Å². The van der Waals surface area contributed by atoms with Gasteiger partial charge in [-0.1, -0.05) is 304 Å². The molecule has 0 amide bonds. The summed E-state index contributed by atoms with van der Waals surface area (Å²) in [6.45, 7) is 6.53. The molecule has 0 bridgehead atoms. The van der Waals surface area contributed by atoms with E-state index in [1.807, 2.05) is 0 Å². The summed E-state index contributed by atoms with van der Waals surface area (Å²) in [5.41, 5.74) is 0. The van der Waals surface area contributed by atoms with Gasteiger partial charge < -0.3 is 14.2 Å². The molecule has 80 heavy (non-hydrogen) atoms. The van der Waals surface area contributed by atoms with Crippen LogP contribution < -0.4 is 0 Å². The Morgan fingerprint density at radius 3 is 0.775 bits per heavy atom. The summed E-state index contributed by atoms with van der Waals surface area (Å²) in [7, 11) is 0. The molecular formula is C74H126O6. The second-order valence-electron chi connectivity index (χ2n) is 22.4. The van der Waals surface area contributed by atoms with Crippen LogP contribution in [-0.2, 0) is 28.6 Å². The Hall–Kier alpha value is -3.93. The lowest BCUT2D eigenvalue weighted by atomic mass is 10.0. The molecule has 0 spiro atoms. The molecule has 6 heteroatoms. The minimum absolute atomic E-state index is 0.0803. The van der Waals surface area contributed by atoms with Gasteiger partial charge in [0.15, 0.2) is 6.10 Å². The number of ether oxygens (including phenoxy) is 3. The van der Waals surface area contributed by atoms with E-state index in [9.17, 15) is 14.4 Å². The Balaban J connectivity index is 4.29. The summed E-state index contributed by atoms with van der Waals surface area (Å²) in [6.07, 6.45) is 92.4. The van der Waals surface area contributed by atoms with Crippen molar-refractivity contribution >= 4 is 17.9 Å². The number of esters is 3. The van der Waals surface area contributed by atoms with Crippen LogP contribution in [0.4, 0.5) is 0 Å². The zero-order chi connectivity index (χ0) is 57.8. The number of rotatable bonds is 61. The number of carbonyl (C=O) groups excluding carboxylic acids is 3. The van der Waals surface area contributed by atoms with Crippen molar-refractivity contribution in [3.8, 4) is 0 Å². The van der Waals surface area contributed by atoms with Crippen LogP contribution >= 0.6 is 0 Å². The number of allylic oxidation sites excluding steroid dienone is 18. The third-order valence-electron chi connectivity index (χ3n) is 14.5. The first-order chi connectivity index (χ1) is 39.5. The molecule has 1 unspecified atom stereocenters. The first kappa shape index (κ1) is 76.1. The molecule has 0 aromatic carbocycles. The Morgan fingerprint density at radius 2 is 0.487 bits per heavy atom. The molecule has 0 radical (unpaired) electrons. The van der Waals surface area contributed by atoms with Crippen molar-refractivity contribution < 1.29 is 28.6 Å². The first-order valence-electron chi connectivity index (χ1n) is 33.9. The molecule has 0 heterocycles. The van der Waals surface area contributed by atoms with Gasteiger partial charge in [-0.3, -0.25) is 14.4 Å². The van der Waals surface area contributed by atoms with Crippen LogP contribution in [0.25, 0.3) is 0 Å². The van der Waals surface area contributed by atoms with E-state index in [4.69, 9.17) is 14.2 Å². The van der Waals surface area contributed by atoms with Crippen LogP contribution in [0, 0.1) is 0 Å². The highest BCUT2D eigenvalue weighted by molar-refractivity contribution is 5.71. The quantitative estimate of drug-likeness (QED) is 0.0261. The van der Waals surface area contributed by atoms with Gasteiger partial charge in [-0.2, -0.15) is 0 Å². The van der Waals surface area contributed by atoms with Gasteiger partial charge in [-0.05, 0) is 109 Å². The van der Waals surface area contributed by atoms with Crippen molar-refractivity contribution in [2.45, 2.75) is 329 Å². The summed E-state index contributed by atoms with van der Waals surface area (Å²) < 4.78 is 16.9. The predicted molar refractivity (Wildman–Crippen MR) is 348 cm³/mol. The van der Waals surface area contributed by atoms with Crippen molar-refractivity contribution in [3.05, 3.63) is 109 Å². The van der Waals surface area contributed by atoms with Gasteiger partial charge in [0.05, 0.1) is 0 Å². The van der Waals surface area contributed by atoms with Crippen molar-refractivity contribution in [2.24, 2.45) is 0 Å². The highest BCUT2D eigenvalue weighted by atomic mass is 16.6. The van der Waals surface area contributed by atoms with E-state index in [1.165, 1.54) is 161 Å². The number of hydrogen-bond donors (Lipinski definition) is 0. The fraction of sp³-hybridized carbons (Fsp3) is 0.716. The Kier molecular flexibility index (Phi) is 64.3. The summed E-state index contributed by atoms with van der Waals surface area (Å²) in [5.74, 6) is -0.883. The van der Waals surface area contributed by atoms with Crippen LogP contribution in [0.5, 0.6) is 0 Å². The number of unbranched alkanes of at least 4 members (excludes halogenated alkanes) is 32. The van der Waals surface area contributed by atoms with E-state index in [2.05, 4.69) is 130 Å². The van der Waals surface area contributed by atoms with E-state index in [1.54, 1.807) is 0 Å². The summed E-state index contributed by atoms with van der Waals surface area (Å²) >= 11 is 0. The van der Waals surface area contributed by atoms with Gasteiger partial charge in [0.25, 0.3) is 0 Å². The Bertz CT molecular complexity index is 1610. The Morgan fingerprint density at radius 1 is 0.263 bits per heavy atom. The second-order valence-corrected chi connectivity index (χ2v) is 22.4. The highest BCUT2D eigenvalue weighted by Crippen LogP contribution is 2.16. The maximum Gasteiger partial charge on any atom is 0.306 e. The van der Waals surface area contributed by atoms with Crippen molar-refractivity contribution in [2.75, 3.05) is 13.2 Å². The van der Waals surface area contributed by atoms with Crippen LogP contribution in [0.2, 0.25) is 0 Å². The normalized spacial score (nSPS) is 12.8. The SMILES string of the molecule is CC/C=C\C/C=C\C/C=C\C/C=C\C/C=C\C/C=C\C/C=C\CCCCCCCCCCCC(=O)OCC(COC(=O)CCCCCCCCCCCCCCC)OC(=O)CCCCCCCCC/C=C\C/C=C\CCCCCC. The zero-order valence-electron chi connectivity index (χ0n) is 52.6. The minimum Gasteiger partial charge on any atom is -0.462 e. The summed E-state index contributed by atoms with van der Waals surface area (Å²) in [5, 5.41) is 0. The monoisotopic (exact) mass is 1110 g/mol. The van der Waals surface area contributed by atoms with E-state index < -0.39 is 6.10 Å². The van der Waals surface area contributed by atoms with Gasteiger partial charge in [0.1, 0.15) is 13.2 Å². The number of carbonyl (C=O) groups is 3. The molecule has 0 aliphatic rings. The van der Waals surface area contributed by atoms with Crippen LogP contribution in [0.3, 0.4) is 0 Å². The molecule has 0 aliphatic heterocycles. The standard InChI is InChI=1S/C74H126O6/c1-4-7-10-13-16-19-22-25-27-29-31-32-33-34-35-36-37-38-39-40-41-42-43-45-46-49-52-55-58-61-64-67-73(76)79-70-71(69-78-72(75)66-63-60-57-54-51-48-24-21-18-15-12-9-6-3)80-74(77)68-65-62-59-56-53-50-47-44-30-28-26-23-20-17-14-11-8-5-2/h7,10,16,19-20,23,25,27-28,30-32,34-35,37-38,40-41,71H,4-6,8-9,11-15,17-18,21-22,24,26,29,33,36,39,42-70H2,1-3H3/b10-7-,19-16-,23-20-,27-25-,30-28-,32-31-,35-34-,38-37-,41-40-. The molecular weight excluding hydrogens is 985 g/mol. The molecule has 6 nitrogen and oxygen atoms in total. The fourth-order valence-electron chi connectivity index (χ4n) is 9.45. The molecule has 458 valence electrons. The molecule has 0 saturated heterocycles. The van der Waals surface area contributed by atoms with Crippen LogP contribution in [0.1, 0.15) is 323 Å². The third-order valence-corrected chi connectivity index (χ3v) is 14.5. The van der Waals surface area contributed by atoms with Gasteiger partial charge in [0, 0.05) is 19.3 Å². The van der Waals surface area contributed by atoms with Crippen molar-refractivity contribution in [1.82, 2.24) is 0 Å². The lowest BCUT2D eigenvalue weighted by molar-refractivity contribution is -0.167. The van der Waals surface area contributed by atoms with Crippen molar-refractivity contribution in [3.63, 3.8) is 0 Å². The van der Waals surface area contributed by atoms with Crippen molar-refractivity contribution in [1.29, 1.82) is 0 Å². The van der Waals surface area contributed by atoms with Gasteiger partial charge in [-0.15, -0.1) is 0 Å². The Labute approximate surface area is 495 Å². The topological polar surface area (TPSA) is 78.9 Å². The van der Waals surface area contributed by atoms with E-state index in [0.29, 0.717) is 19.3 Å². The van der Waals surface area contributed by atoms with E-state index in [0.717, 1.165) is 122 Å². The first-order valence-corrected chi connectivity index (χ1v) is 33.9. The maximum atomic E-state index is 12.9. The summed E-state index contributed by atoms with van der Waals surface area (Å²) in [6, 6.07) is 0. The highest BCUT2D eigenvalue weighted by Gasteiger charge is 2.19. The molecule has 0 aromatic heterocycles. The van der Waals surface area contributed by atoms with Gasteiger partial charge in [-0.25, -0.2) is 0 Å². The molecule has 0 aromatic rings. The van der Waals surface area contributed by atoms with E-state index in [-0.39, 0.29) is 31.1 Å². The van der Waals surface area contributed by atoms with E-state index >= 15 is 0 Å². The average molecular weight is 1110 g/mol. The molecule has 0 aliphatic carbocycles. The lowest BCUT2D eigenvalue weighted by Crippen LogP contribution is -2.30. The molecule has 0 rings (SSSR count). The predicted octanol–water partition coefficient (Wildman–Crippen LogP) is 23.4. The smallest absolute Gasteiger partial charge is 0.306 e. The maximum absolute atomic E-state index is 12.9. The lowest BCUT2D eigenvalue weighted by Gasteiger charge is -2.18. The minimum atomic E-state index is -0.785. The zero-order valence-corrected chi connectivity index (χ0v) is 52.6. The number of hydrogen-bond acceptors (Lipinski definition) is 6. The van der Waals surface area contributed by atoms with Crippen LogP contribution in [0.15, 0.2) is 109 Å². The third kappa shape index (κ3) is 64.9. The average Bonchev–Trinajstić information content (AvgIpc) is 3.46. The molecule has 0 fully saturated rings. The van der Waals surface area contributed by atoms with Crippen LogP contribution in [-0.4, -0.2) is 37.2 Å². The molecule has 0 N–H and O–H groups in total. The summed E-state index contributed by atoms with van der Waals surface area (Å²) in [4.78, 5) is 38.4. The molecule has 1 atom stereocenters. The molecule has 0 saturated carbocycles. The second kappa shape index (κ2) is 67.6. The fourth-order valence-corrected chi connectivity index (χ4v) is 9.45. The largest absolute Gasteiger partial charge is 0.462 e. The van der Waals surface area contributed by atoms with Gasteiger partial charge in [0.2, 0.25) is 0 Å².